The van der Waals surface area contributed by atoms with Crippen molar-refractivity contribution in [1.82, 2.24) is 5.32 Å². The monoisotopic (exact) mass is 256 g/mol. The van der Waals surface area contributed by atoms with E-state index in [1.54, 1.807) is 0 Å². The number of hydrogen-bond donors (Lipinski definition) is 3. The van der Waals surface area contributed by atoms with Gasteiger partial charge in [0.25, 0.3) is 0 Å². The number of aliphatic carboxylic acids is 1. The van der Waals surface area contributed by atoms with E-state index in [2.05, 4.69) is 5.32 Å². The average Bonchev–Trinajstić information content (AvgIpc) is 2.28. The zero-order valence-electron chi connectivity index (χ0n) is 11.0. The number of carboxylic acids is 1. The molecular weight excluding hydrogens is 232 g/mol. The van der Waals surface area contributed by atoms with Gasteiger partial charge in [0.15, 0.2) is 0 Å². The van der Waals surface area contributed by atoms with Crippen LogP contribution in [0.1, 0.15) is 51.9 Å². The highest BCUT2D eigenvalue weighted by atomic mass is 16.4. The zero-order valence-corrected chi connectivity index (χ0v) is 11.0. The number of hydrogen-bond acceptors (Lipinski definition) is 3. The van der Waals surface area contributed by atoms with Crippen molar-refractivity contribution in [3.63, 3.8) is 0 Å². The van der Waals surface area contributed by atoms with Crippen molar-refractivity contribution >= 4 is 11.9 Å². The molecule has 18 heavy (non-hydrogen) atoms. The van der Waals surface area contributed by atoms with Crippen molar-refractivity contribution in [2.75, 3.05) is 0 Å². The predicted molar refractivity (Wildman–Crippen MR) is 69.0 cm³/mol. The minimum absolute atomic E-state index is 0.0370. The van der Waals surface area contributed by atoms with Gasteiger partial charge in [-0.15, -0.1) is 0 Å². The number of carbonyl (C=O) groups excluding carboxylic acids is 1. The van der Waals surface area contributed by atoms with Crippen LogP contribution in [0.25, 0.3) is 0 Å². The fraction of sp³-hybridized carbons (Fsp3) is 0.846. The van der Waals surface area contributed by atoms with Gasteiger partial charge in [-0.3, -0.25) is 9.59 Å². The van der Waals surface area contributed by atoms with Gasteiger partial charge in [0.2, 0.25) is 5.91 Å². The summed E-state index contributed by atoms with van der Waals surface area (Å²) in [5.41, 5.74) is 5.86. The van der Waals surface area contributed by atoms with Gasteiger partial charge < -0.3 is 16.2 Å². The van der Waals surface area contributed by atoms with Gasteiger partial charge in [-0.2, -0.15) is 0 Å². The molecule has 0 aromatic carbocycles. The molecule has 1 aliphatic carbocycles. The molecule has 5 heteroatoms. The number of nitrogens with two attached hydrogens (primary N) is 1. The van der Waals surface area contributed by atoms with E-state index >= 15 is 0 Å². The molecule has 0 radical (unpaired) electrons. The molecule has 0 aliphatic heterocycles. The van der Waals surface area contributed by atoms with Crippen LogP contribution in [0, 0.1) is 5.92 Å². The Morgan fingerprint density at radius 1 is 1.44 bits per heavy atom. The Labute approximate surface area is 108 Å². The maximum Gasteiger partial charge on any atom is 0.303 e. The molecular formula is C13H24N2O3. The van der Waals surface area contributed by atoms with E-state index in [1.165, 1.54) is 0 Å². The van der Waals surface area contributed by atoms with Gasteiger partial charge in [-0.05, 0) is 39.0 Å². The van der Waals surface area contributed by atoms with Crippen molar-refractivity contribution < 1.29 is 14.7 Å². The van der Waals surface area contributed by atoms with Gasteiger partial charge in [0.1, 0.15) is 0 Å². The average molecular weight is 256 g/mol. The molecule has 104 valence electrons. The van der Waals surface area contributed by atoms with E-state index in [4.69, 9.17) is 10.8 Å². The zero-order chi connectivity index (χ0) is 13.5. The minimum Gasteiger partial charge on any atom is -0.481 e. The van der Waals surface area contributed by atoms with E-state index < -0.39 is 5.97 Å². The summed E-state index contributed by atoms with van der Waals surface area (Å²) in [7, 11) is 0. The molecule has 3 atom stereocenters. The Hall–Kier alpha value is -1.10. The largest absolute Gasteiger partial charge is 0.481 e. The summed E-state index contributed by atoms with van der Waals surface area (Å²) in [6, 6.07) is 0.187. The van der Waals surface area contributed by atoms with Crippen LogP contribution < -0.4 is 11.1 Å². The second kappa shape index (κ2) is 7.36. The van der Waals surface area contributed by atoms with Crippen molar-refractivity contribution in [1.29, 1.82) is 0 Å². The molecule has 0 aromatic rings. The molecule has 0 bridgehead atoms. The maximum atomic E-state index is 12.0. The smallest absolute Gasteiger partial charge is 0.303 e. The van der Waals surface area contributed by atoms with Crippen LogP contribution in [0.4, 0.5) is 0 Å². The van der Waals surface area contributed by atoms with Crippen LogP contribution in [0.15, 0.2) is 0 Å². The second-order valence-corrected chi connectivity index (χ2v) is 5.32. The van der Waals surface area contributed by atoms with Crippen molar-refractivity contribution in [2.24, 2.45) is 11.7 Å². The molecule has 0 aromatic heterocycles. The highest BCUT2D eigenvalue weighted by molar-refractivity contribution is 5.79. The SMILES string of the molecule is CC(CCCC(=O)O)NC(=O)C1CCCC(N)C1. The van der Waals surface area contributed by atoms with Crippen molar-refractivity contribution in [3.8, 4) is 0 Å². The Balaban J connectivity index is 2.23. The van der Waals surface area contributed by atoms with Crippen LogP contribution in [-0.4, -0.2) is 29.1 Å². The first-order chi connectivity index (χ1) is 8.49. The van der Waals surface area contributed by atoms with Gasteiger partial charge in [-0.1, -0.05) is 6.42 Å². The summed E-state index contributed by atoms with van der Waals surface area (Å²) in [5.74, 6) is -0.671. The maximum absolute atomic E-state index is 12.0. The molecule has 5 nitrogen and oxygen atoms in total. The van der Waals surface area contributed by atoms with Crippen LogP contribution >= 0.6 is 0 Å². The van der Waals surface area contributed by atoms with E-state index in [0.717, 1.165) is 25.7 Å². The van der Waals surface area contributed by atoms with Gasteiger partial charge in [0.05, 0.1) is 0 Å². The third-order valence-electron chi connectivity index (χ3n) is 3.50. The van der Waals surface area contributed by atoms with E-state index in [-0.39, 0.29) is 30.3 Å². The van der Waals surface area contributed by atoms with Crippen LogP contribution in [0.5, 0.6) is 0 Å². The number of carboxylic acid groups (broad SMARTS) is 1. The summed E-state index contributed by atoms with van der Waals surface area (Å²) in [5, 5.41) is 11.5. The first kappa shape index (κ1) is 15.0. The molecule has 0 spiro atoms. The fourth-order valence-electron chi connectivity index (χ4n) is 2.46. The number of amides is 1. The van der Waals surface area contributed by atoms with E-state index in [0.29, 0.717) is 12.8 Å². The van der Waals surface area contributed by atoms with E-state index in [1.807, 2.05) is 6.92 Å². The lowest BCUT2D eigenvalue weighted by Crippen LogP contribution is -2.41. The molecule has 1 saturated carbocycles. The molecule has 1 rings (SSSR count). The van der Waals surface area contributed by atoms with Gasteiger partial charge in [0, 0.05) is 24.4 Å². The Morgan fingerprint density at radius 3 is 2.78 bits per heavy atom. The highest BCUT2D eigenvalue weighted by Crippen LogP contribution is 2.23. The van der Waals surface area contributed by atoms with Crippen LogP contribution in [0.3, 0.4) is 0 Å². The molecule has 1 amide bonds. The standard InChI is InChI=1S/C13H24N2O3/c1-9(4-2-7-12(16)17)15-13(18)10-5-3-6-11(14)8-10/h9-11H,2-8,14H2,1H3,(H,15,18)(H,16,17). The van der Waals surface area contributed by atoms with E-state index in [9.17, 15) is 9.59 Å². The Morgan fingerprint density at radius 2 is 2.17 bits per heavy atom. The molecule has 1 aliphatic rings. The summed E-state index contributed by atoms with van der Waals surface area (Å²) < 4.78 is 0. The second-order valence-electron chi connectivity index (χ2n) is 5.32. The minimum atomic E-state index is -0.785. The Kier molecular flexibility index (Phi) is 6.12. The molecule has 1 fully saturated rings. The molecule has 3 unspecified atom stereocenters. The lowest BCUT2D eigenvalue weighted by atomic mass is 9.85. The first-order valence-electron chi connectivity index (χ1n) is 6.76. The summed E-state index contributed by atoms with van der Waals surface area (Å²) >= 11 is 0. The van der Waals surface area contributed by atoms with Crippen molar-refractivity contribution in [3.05, 3.63) is 0 Å². The number of carbonyl (C=O) groups is 2. The molecule has 4 N–H and O–H groups in total. The van der Waals surface area contributed by atoms with Gasteiger partial charge in [-0.25, -0.2) is 0 Å². The highest BCUT2D eigenvalue weighted by Gasteiger charge is 2.25. The predicted octanol–water partition coefficient (Wildman–Crippen LogP) is 1.26. The van der Waals surface area contributed by atoms with Gasteiger partial charge >= 0.3 is 5.97 Å². The van der Waals surface area contributed by atoms with Crippen molar-refractivity contribution in [2.45, 2.75) is 64.0 Å². The lowest BCUT2D eigenvalue weighted by molar-refractivity contribution is -0.137. The van der Waals surface area contributed by atoms with Crippen LogP contribution in [0.2, 0.25) is 0 Å². The molecule has 0 saturated heterocycles. The summed E-state index contributed by atoms with van der Waals surface area (Å²) in [6.07, 6.45) is 5.19. The quantitative estimate of drug-likeness (QED) is 0.667. The number of nitrogens with one attached hydrogen (secondary N) is 1. The number of rotatable bonds is 6. The topological polar surface area (TPSA) is 92.4 Å². The van der Waals surface area contributed by atoms with Crippen LogP contribution in [-0.2, 0) is 9.59 Å². The summed E-state index contributed by atoms with van der Waals surface area (Å²) in [6.45, 7) is 1.92. The molecule has 0 heterocycles. The fourth-order valence-corrected chi connectivity index (χ4v) is 2.46. The Bertz CT molecular complexity index is 294. The third kappa shape index (κ3) is 5.49. The first-order valence-corrected chi connectivity index (χ1v) is 6.76. The summed E-state index contributed by atoms with van der Waals surface area (Å²) in [4.78, 5) is 22.4. The third-order valence-corrected chi connectivity index (χ3v) is 3.50. The lowest BCUT2D eigenvalue weighted by Gasteiger charge is -2.27. The normalized spacial score (nSPS) is 25.4.